The second-order valence-corrected chi connectivity index (χ2v) is 4.20. The molecule has 0 bridgehead atoms. The highest BCUT2D eigenvalue weighted by molar-refractivity contribution is 4.93. The van der Waals surface area contributed by atoms with E-state index in [0.717, 1.165) is 19.4 Å². The van der Waals surface area contributed by atoms with Gasteiger partial charge in [0.15, 0.2) is 0 Å². The molecule has 0 aromatic carbocycles. The van der Waals surface area contributed by atoms with Crippen molar-refractivity contribution in [3.05, 3.63) is 11.7 Å². The summed E-state index contributed by atoms with van der Waals surface area (Å²) >= 11 is 0. The molecule has 1 saturated carbocycles. The number of rotatable bonds is 4. The van der Waals surface area contributed by atoms with Gasteiger partial charge >= 0.3 is 0 Å². The molecule has 2 aliphatic rings. The van der Waals surface area contributed by atoms with E-state index in [0.29, 0.717) is 24.3 Å². The molecule has 1 aliphatic heterocycles. The van der Waals surface area contributed by atoms with Crippen LogP contribution < -0.4 is 5.32 Å². The van der Waals surface area contributed by atoms with Crippen molar-refractivity contribution < 1.29 is 9.26 Å². The van der Waals surface area contributed by atoms with Crippen molar-refractivity contribution in [2.24, 2.45) is 0 Å². The van der Waals surface area contributed by atoms with Crippen LogP contribution in [0, 0.1) is 0 Å². The Balaban J connectivity index is 1.59. The third-order valence-electron chi connectivity index (χ3n) is 2.82. The molecule has 5 nitrogen and oxygen atoms in total. The van der Waals surface area contributed by atoms with Gasteiger partial charge in [0.05, 0.1) is 6.54 Å². The topological polar surface area (TPSA) is 60.2 Å². The van der Waals surface area contributed by atoms with Gasteiger partial charge in [0.25, 0.3) is 0 Å². The van der Waals surface area contributed by atoms with Crippen LogP contribution in [0.1, 0.15) is 43.5 Å². The fourth-order valence-corrected chi connectivity index (χ4v) is 1.77. The van der Waals surface area contributed by atoms with Gasteiger partial charge in [-0.05, 0) is 25.7 Å². The van der Waals surface area contributed by atoms with E-state index in [1.807, 2.05) is 0 Å². The molecule has 2 fully saturated rings. The molecule has 2 heterocycles. The van der Waals surface area contributed by atoms with Crippen LogP contribution in [0.4, 0.5) is 0 Å². The molecular weight excluding hydrogens is 194 g/mol. The first-order valence-corrected chi connectivity index (χ1v) is 5.59. The average Bonchev–Trinajstić information content (AvgIpc) is 2.78. The first-order chi connectivity index (χ1) is 7.42. The maximum Gasteiger partial charge on any atom is 0.240 e. The maximum absolute atomic E-state index is 5.48. The molecule has 1 aromatic heterocycles. The molecule has 1 aromatic rings. The minimum absolute atomic E-state index is 0.0587. The number of hydrogen-bond donors (Lipinski definition) is 1. The van der Waals surface area contributed by atoms with Crippen LogP contribution in [0.3, 0.4) is 0 Å². The van der Waals surface area contributed by atoms with Crippen molar-refractivity contribution in [3.63, 3.8) is 0 Å². The second kappa shape index (κ2) is 3.90. The molecule has 15 heavy (non-hydrogen) atoms. The van der Waals surface area contributed by atoms with E-state index in [2.05, 4.69) is 15.5 Å². The van der Waals surface area contributed by atoms with Gasteiger partial charge in [-0.3, -0.25) is 0 Å². The Kier molecular flexibility index (Phi) is 2.42. The summed E-state index contributed by atoms with van der Waals surface area (Å²) in [5, 5.41) is 7.29. The lowest BCUT2D eigenvalue weighted by Gasteiger charge is -2.00. The van der Waals surface area contributed by atoms with Gasteiger partial charge < -0.3 is 14.6 Å². The standard InChI is InChI=1S/C10H15N3O2/c1-2-8(14-5-1)10-12-9(15-13-10)6-11-7-3-4-7/h7-8,11H,1-6H2. The highest BCUT2D eigenvalue weighted by Crippen LogP contribution is 2.26. The van der Waals surface area contributed by atoms with E-state index < -0.39 is 0 Å². The molecule has 0 amide bonds. The van der Waals surface area contributed by atoms with Crippen molar-refractivity contribution >= 4 is 0 Å². The normalized spacial score (nSPS) is 26.0. The molecular formula is C10H15N3O2. The number of aromatic nitrogens is 2. The quantitative estimate of drug-likeness (QED) is 0.806. The maximum atomic E-state index is 5.48. The van der Waals surface area contributed by atoms with E-state index >= 15 is 0 Å². The van der Waals surface area contributed by atoms with Gasteiger partial charge in [-0.15, -0.1) is 0 Å². The Bertz CT molecular complexity index is 329. The molecule has 3 rings (SSSR count). The highest BCUT2D eigenvalue weighted by atomic mass is 16.5. The van der Waals surface area contributed by atoms with E-state index in [4.69, 9.17) is 9.26 Å². The van der Waals surface area contributed by atoms with E-state index in [-0.39, 0.29) is 6.10 Å². The van der Waals surface area contributed by atoms with Crippen LogP contribution in [0.5, 0.6) is 0 Å². The minimum Gasteiger partial charge on any atom is -0.370 e. The predicted octanol–water partition coefficient (Wildman–Crippen LogP) is 1.17. The fraction of sp³-hybridized carbons (Fsp3) is 0.800. The molecule has 1 aliphatic carbocycles. The summed E-state index contributed by atoms with van der Waals surface area (Å²) in [5.41, 5.74) is 0. The summed E-state index contributed by atoms with van der Waals surface area (Å²) < 4.78 is 10.6. The van der Waals surface area contributed by atoms with Gasteiger partial charge in [-0.1, -0.05) is 5.16 Å². The smallest absolute Gasteiger partial charge is 0.240 e. The van der Waals surface area contributed by atoms with E-state index in [1.54, 1.807) is 0 Å². The number of hydrogen-bond acceptors (Lipinski definition) is 5. The van der Waals surface area contributed by atoms with Crippen LogP contribution in [-0.4, -0.2) is 22.8 Å². The summed E-state index contributed by atoms with van der Waals surface area (Å²) in [6.45, 7) is 1.50. The van der Waals surface area contributed by atoms with Gasteiger partial charge in [-0.25, -0.2) is 0 Å². The fourth-order valence-electron chi connectivity index (χ4n) is 1.77. The lowest BCUT2D eigenvalue weighted by molar-refractivity contribution is 0.103. The second-order valence-electron chi connectivity index (χ2n) is 4.20. The number of nitrogens with zero attached hydrogens (tertiary/aromatic N) is 2. The molecule has 1 saturated heterocycles. The van der Waals surface area contributed by atoms with Crippen molar-refractivity contribution in [1.29, 1.82) is 0 Å². The predicted molar refractivity (Wildman–Crippen MR) is 52.1 cm³/mol. The van der Waals surface area contributed by atoms with Gasteiger partial charge in [0.1, 0.15) is 6.10 Å². The van der Waals surface area contributed by atoms with E-state index in [9.17, 15) is 0 Å². The average molecular weight is 209 g/mol. The Morgan fingerprint density at radius 2 is 2.27 bits per heavy atom. The Hall–Kier alpha value is -0.940. The lowest BCUT2D eigenvalue weighted by Crippen LogP contribution is -2.15. The Labute approximate surface area is 88.2 Å². The summed E-state index contributed by atoms with van der Waals surface area (Å²) in [6.07, 6.45) is 4.70. The van der Waals surface area contributed by atoms with E-state index in [1.165, 1.54) is 12.8 Å². The van der Waals surface area contributed by atoms with Crippen LogP contribution in [-0.2, 0) is 11.3 Å². The van der Waals surface area contributed by atoms with Crippen molar-refractivity contribution in [3.8, 4) is 0 Å². The van der Waals surface area contributed by atoms with Crippen LogP contribution >= 0.6 is 0 Å². The number of nitrogens with one attached hydrogen (secondary N) is 1. The number of ether oxygens (including phenoxy) is 1. The first-order valence-electron chi connectivity index (χ1n) is 5.59. The first kappa shape index (κ1) is 9.30. The Morgan fingerprint density at radius 3 is 3.00 bits per heavy atom. The largest absolute Gasteiger partial charge is 0.370 e. The third kappa shape index (κ3) is 2.18. The van der Waals surface area contributed by atoms with Gasteiger partial charge in [0, 0.05) is 12.6 Å². The molecule has 5 heteroatoms. The van der Waals surface area contributed by atoms with Crippen LogP contribution in [0.15, 0.2) is 4.52 Å². The molecule has 1 atom stereocenters. The summed E-state index contributed by atoms with van der Waals surface area (Å²) in [6, 6.07) is 0.670. The summed E-state index contributed by atoms with van der Waals surface area (Å²) in [7, 11) is 0. The van der Waals surface area contributed by atoms with Gasteiger partial charge in [-0.2, -0.15) is 4.98 Å². The summed E-state index contributed by atoms with van der Waals surface area (Å²) in [4.78, 5) is 4.33. The van der Waals surface area contributed by atoms with Crippen molar-refractivity contribution in [2.45, 2.75) is 44.4 Å². The zero-order chi connectivity index (χ0) is 10.1. The highest BCUT2D eigenvalue weighted by Gasteiger charge is 2.24. The minimum atomic E-state index is 0.0587. The molecule has 82 valence electrons. The van der Waals surface area contributed by atoms with Gasteiger partial charge in [0.2, 0.25) is 11.7 Å². The Morgan fingerprint density at radius 1 is 1.33 bits per heavy atom. The monoisotopic (exact) mass is 209 g/mol. The lowest BCUT2D eigenvalue weighted by atomic mass is 10.2. The molecule has 1 unspecified atom stereocenters. The molecule has 1 N–H and O–H groups in total. The van der Waals surface area contributed by atoms with Crippen LogP contribution in [0.25, 0.3) is 0 Å². The SMILES string of the molecule is C1COC(c2noc(CNC3CC3)n2)C1. The zero-order valence-electron chi connectivity index (χ0n) is 8.61. The molecule has 0 spiro atoms. The van der Waals surface area contributed by atoms with Crippen molar-refractivity contribution in [1.82, 2.24) is 15.5 Å². The molecule has 0 radical (unpaired) electrons. The summed E-state index contributed by atoms with van der Waals surface area (Å²) in [5.74, 6) is 1.38. The zero-order valence-corrected chi connectivity index (χ0v) is 8.61. The van der Waals surface area contributed by atoms with Crippen LogP contribution in [0.2, 0.25) is 0 Å². The van der Waals surface area contributed by atoms with Crippen molar-refractivity contribution in [2.75, 3.05) is 6.61 Å². The third-order valence-corrected chi connectivity index (χ3v) is 2.82.